The van der Waals surface area contributed by atoms with Crippen molar-refractivity contribution in [3.63, 3.8) is 0 Å². The number of hydrogen-bond acceptors (Lipinski definition) is 6. The zero-order valence-electron chi connectivity index (χ0n) is 17.0. The third-order valence-corrected chi connectivity index (χ3v) is 4.40. The van der Waals surface area contributed by atoms with Crippen LogP contribution in [0.4, 0.5) is 11.4 Å². The van der Waals surface area contributed by atoms with E-state index in [0.29, 0.717) is 5.69 Å². The fourth-order valence-corrected chi connectivity index (χ4v) is 2.91. The van der Waals surface area contributed by atoms with E-state index in [2.05, 4.69) is 16.8 Å². The van der Waals surface area contributed by atoms with Gasteiger partial charge in [0, 0.05) is 35.8 Å². The number of ether oxygens (including phenoxy) is 1. The minimum Gasteiger partial charge on any atom is -0.451 e. The van der Waals surface area contributed by atoms with Crippen molar-refractivity contribution in [3.8, 4) is 6.07 Å². The minimum absolute atomic E-state index is 0.110. The molecule has 9 nitrogen and oxygen atoms in total. The number of aromatic nitrogens is 1. The van der Waals surface area contributed by atoms with E-state index in [-0.39, 0.29) is 11.3 Å². The highest BCUT2D eigenvalue weighted by Crippen LogP contribution is 2.19. The molecule has 0 saturated heterocycles. The summed E-state index contributed by atoms with van der Waals surface area (Å²) in [5.74, 6) is -1.53. The van der Waals surface area contributed by atoms with Gasteiger partial charge in [0.15, 0.2) is 6.61 Å². The molecule has 0 atom stereocenters. The molecular formula is C21H22N4O5. The van der Waals surface area contributed by atoms with Gasteiger partial charge in [-0.1, -0.05) is 6.92 Å². The maximum Gasteiger partial charge on any atom is 0.349 e. The van der Waals surface area contributed by atoms with Crippen molar-refractivity contribution >= 4 is 29.3 Å². The first-order chi connectivity index (χ1) is 14.3. The van der Waals surface area contributed by atoms with Crippen molar-refractivity contribution in [2.75, 3.05) is 11.9 Å². The van der Waals surface area contributed by atoms with Crippen LogP contribution in [-0.4, -0.2) is 28.0 Å². The van der Waals surface area contributed by atoms with Crippen molar-refractivity contribution < 1.29 is 19.2 Å². The van der Waals surface area contributed by atoms with Crippen molar-refractivity contribution in [2.24, 2.45) is 0 Å². The van der Waals surface area contributed by atoms with Gasteiger partial charge in [-0.3, -0.25) is 14.9 Å². The van der Waals surface area contributed by atoms with E-state index in [0.717, 1.165) is 29.9 Å². The predicted molar refractivity (Wildman–Crippen MR) is 110 cm³/mol. The predicted octanol–water partition coefficient (Wildman–Crippen LogP) is 3.51. The number of anilines is 1. The van der Waals surface area contributed by atoms with Crippen LogP contribution in [0.3, 0.4) is 0 Å². The lowest BCUT2D eigenvalue weighted by Crippen LogP contribution is -2.21. The van der Waals surface area contributed by atoms with Crippen molar-refractivity contribution in [1.82, 2.24) is 4.57 Å². The zero-order chi connectivity index (χ0) is 22.3. The van der Waals surface area contributed by atoms with E-state index in [9.17, 15) is 25.0 Å². The monoisotopic (exact) mass is 410 g/mol. The first kappa shape index (κ1) is 22.4. The average molecular weight is 410 g/mol. The third kappa shape index (κ3) is 5.54. The molecule has 30 heavy (non-hydrogen) atoms. The number of rotatable bonds is 8. The van der Waals surface area contributed by atoms with Crippen LogP contribution in [0.15, 0.2) is 35.9 Å². The third-order valence-electron chi connectivity index (χ3n) is 4.40. The highest BCUT2D eigenvalue weighted by Gasteiger charge is 2.16. The van der Waals surface area contributed by atoms with Crippen LogP contribution in [0, 0.1) is 35.3 Å². The van der Waals surface area contributed by atoms with E-state index in [1.54, 1.807) is 0 Å². The normalized spacial score (nSPS) is 10.9. The molecule has 0 aliphatic carbocycles. The van der Waals surface area contributed by atoms with Gasteiger partial charge in [-0.15, -0.1) is 0 Å². The highest BCUT2D eigenvalue weighted by molar-refractivity contribution is 6.00. The summed E-state index contributed by atoms with van der Waals surface area (Å²) in [6, 6.07) is 8.91. The Morgan fingerprint density at radius 2 is 1.97 bits per heavy atom. The van der Waals surface area contributed by atoms with Gasteiger partial charge in [-0.05, 0) is 50.1 Å². The molecule has 1 aromatic carbocycles. The summed E-state index contributed by atoms with van der Waals surface area (Å²) >= 11 is 0. The van der Waals surface area contributed by atoms with Crippen LogP contribution in [0.25, 0.3) is 6.08 Å². The Labute approximate surface area is 173 Å². The molecule has 0 radical (unpaired) electrons. The lowest BCUT2D eigenvalue weighted by molar-refractivity contribution is -0.384. The molecule has 0 unspecified atom stereocenters. The van der Waals surface area contributed by atoms with Crippen LogP contribution in [0.1, 0.15) is 30.3 Å². The van der Waals surface area contributed by atoms with E-state index in [4.69, 9.17) is 4.74 Å². The summed E-state index contributed by atoms with van der Waals surface area (Å²) in [6.45, 7) is 6.16. The first-order valence-corrected chi connectivity index (χ1v) is 9.26. The largest absolute Gasteiger partial charge is 0.451 e. The molecule has 2 rings (SSSR count). The minimum atomic E-state index is -0.906. The lowest BCUT2D eigenvalue weighted by Gasteiger charge is -2.07. The number of nitriles is 1. The molecule has 1 aromatic heterocycles. The number of nitro groups is 1. The van der Waals surface area contributed by atoms with Gasteiger partial charge < -0.3 is 14.6 Å². The molecule has 0 saturated carbocycles. The van der Waals surface area contributed by atoms with Crippen LogP contribution < -0.4 is 5.32 Å². The van der Waals surface area contributed by atoms with E-state index in [1.807, 2.05) is 26.0 Å². The number of nitro benzene ring substituents is 1. The molecule has 1 amide bonds. The summed E-state index contributed by atoms with van der Waals surface area (Å²) in [4.78, 5) is 34.2. The Kier molecular flexibility index (Phi) is 7.47. The molecule has 1 N–H and O–H groups in total. The van der Waals surface area contributed by atoms with Crippen LogP contribution >= 0.6 is 0 Å². The standard InChI is InChI=1S/C21H22N4O5/c1-4-9-24-14(2)10-16(15(24)3)11-17(12-22)21(27)30-13-20(26)23-18-5-7-19(8-6-18)25(28)29/h5-8,10-11H,4,9,13H2,1-3H3,(H,23,26). The van der Waals surface area contributed by atoms with Gasteiger partial charge in [0.1, 0.15) is 11.6 Å². The lowest BCUT2D eigenvalue weighted by atomic mass is 10.1. The fourth-order valence-electron chi connectivity index (χ4n) is 2.91. The second kappa shape index (κ2) is 10.0. The molecule has 156 valence electrons. The van der Waals surface area contributed by atoms with Crippen LogP contribution in [0.2, 0.25) is 0 Å². The number of nitrogens with one attached hydrogen (secondary N) is 1. The number of aryl methyl sites for hydroxylation is 1. The summed E-state index contributed by atoms with van der Waals surface area (Å²) in [7, 11) is 0. The molecule has 0 fully saturated rings. The maximum atomic E-state index is 12.2. The van der Waals surface area contributed by atoms with E-state index in [1.165, 1.54) is 30.3 Å². The second-order valence-electron chi connectivity index (χ2n) is 6.58. The smallest absolute Gasteiger partial charge is 0.349 e. The fraction of sp³-hybridized carbons (Fsp3) is 0.286. The number of hydrogen-bond donors (Lipinski definition) is 1. The summed E-state index contributed by atoms with van der Waals surface area (Å²) in [6.07, 6.45) is 2.40. The van der Waals surface area contributed by atoms with Gasteiger partial charge in [-0.25, -0.2) is 4.79 Å². The van der Waals surface area contributed by atoms with Crippen LogP contribution in [0.5, 0.6) is 0 Å². The molecule has 0 aliphatic rings. The number of esters is 1. The Bertz CT molecular complexity index is 1030. The Balaban J connectivity index is 2.01. The van der Waals surface area contributed by atoms with Gasteiger partial charge in [-0.2, -0.15) is 5.26 Å². The first-order valence-electron chi connectivity index (χ1n) is 9.26. The topological polar surface area (TPSA) is 127 Å². The molecule has 9 heteroatoms. The summed E-state index contributed by atoms with van der Waals surface area (Å²) < 4.78 is 7.03. The number of amides is 1. The number of carbonyl (C=O) groups excluding carboxylic acids is 2. The van der Waals surface area contributed by atoms with Gasteiger partial charge >= 0.3 is 5.97 Å². The average Bonchev–Trinajstić information content (AvgIpc) is 2.98. The number of non-ortho nitro benzene ring substituents is 1. The molecular weight excluding hydrogens is 388 g/mol. The molecule has 1 heterocycles. The molecule has 2 aromatic rings. The van der Waals surface area contributed by atoms with E-state index >= 15 is 0 Å². The van der Waals surface area contributed by atoms with Crippen molar-refractivity contribution in [3.05, 3.63) is 63.0 Å². The molecule has 0 spiro atoms. The zero-order valence-corrected chi connectivity index (χ0v) is 17.0. The van der Waals surface area contributed by atoms with Crippen LogP contribution in [-0.2, 0) is 20.9 Å². The molecule has 0 bridgehead atoms. The summed E-state index contributed by atoms with van der Waals surface area (Å²) in [5.41, 5.74) is 2.70. The van der Waals surface area contributed by atoms with Gasteiger partial charge in [0.25, 0.3) is 11.6 Å². The second-order valence-corrected chi connectivity index (χ2v) is 6.58. The van der Waals surface area contributed by atoms with Crippen molar-refractivity contribution in [2.45, 2.75) is 33.7 Å². The number of carbonyl (C=O) groups is 2. The van der Waals surface area contributed by atoms with Gasteiger partial charge in [0.2, 0.25) is 0 Å². The van der Waals surface area contributed by atoms with Gasteiger partial charge in [0.05, 0.1) is 4.92 Å². The Hall–Kier alpha value is -3.93. The Morgan fingerprint density at radius 3 is 2.53 bits per heavy atom. The SMILES string of the molecule is CCCn1c(C)cc(C=C(C#N)C(=O)OCC(=O)Nc2ccc([N+](=O)[O-])cc2)c1C. The maximum absolute atomic E-state index is 12.2. The van der Waals surface area contributed by atoms with Crippen molar-refractivity contribution in [1.29, 1.82) is 5.26 Å². The number of benzene rings is 1. The van der Waals surface area contributed by atoms with E-state index < -0.39 is 23.4 Å². The highest BCUT2D eigenvalue weighted by atomic mass is 16.6. The quantitative estimate of drug-likeness (QED) is 0.233. The Morgan fingerprint density at radius 1 is 1.30 bits per heavy atom. The summed E-state index contributed by atoms with van der Waals surface area (Å²) in [5, 5.41) is 22.4. The molecule has 0 aliphatic heterocycles. The number of nitrogens with zero attached hydrogens (tertiary/aromatic N) is 3.